The maximum Gasteiger partial charge on any atom is 0.317 e. The summed E-state index contributed by atoms with van der Waals surface area (Å²) in [6.07, 6.45) is 3.94. The van der Waals surface area contributed by atoms with Crippen molar-refractivity contribution in [3.8, 4) is 0 Å². The van der Waals surface area contributed by atoms with Gasteiger partial charge in [0.15, 0.2) is 0 Å². The Morgan fingerprint density at radius 1 is 1.40 bits per heavy atom. The average molecular weight is 205 g/mol. The molecule has 0 radical (unpaired) electrons. The zero-order chi connectivity index (χ0) is 11.1. The topological polar surface area (TPSA) is 40.5 Å². The Morgan fingerprint density at radius 2 is 2.07 bits per heavy atom. The van der Waals surface area contributed by atoms with Crippen LogP contribution in [0, 0.1) is 0 Å². The lowest BCUT2D eigenvalue weighted by atomic mass is 10.2. The van der Waals surface area contributed by atoms with E-state index in [1.807, 2.05) is 42.5 Å². The maximum absolute atomic E-state index is 10.4. The molecule has 3 heteroatoms. The first-order chi connectivity index (χ1) is 7.18. The largest absolute Gasteiger partial charge is 0.480 e. The lowest BCUT2D eigenvalue weighted by Gasteiger charge is -2.09. The van der Waals surface area contributed by atoms with E-state index in [9.17, 15) is 4.79 Å². The van der Waals surface area contributed by atoms with Crippen LogP contribution in [0.15, 0.2) is 36.4 Å². The summed E-state index contributed by atoms with van der Waals surface area (Å²) < 4.78 is 0. The van der Waals surface area contributed by atoms with E-state index >= 15 is 0 Å². The van der Waals surface area contributed by atoms with Gasteiger partial charge in [0.05, 0.1) is 6.54 Å². The summed E-state index contributed by atoms with van der Waals surface area (Å²) in [5.41, 5.74) is 1.13. The molecule has 0 aliphatic rings. The number of carboxylic acids is 1. The molecule has 1 aromatic carbocycles. The second-order valence-electron chi connectivity index (χ2n) is 3.40. The number of benzene rings is 1. The van der Waals surface area contributed by atoms with Gasteiger partial charge in [0.1, 0.15) is 0 Å². The fraction of sp³-hybridized carbons (Fsp3) is 0.250. The standard InChI is InChI=1S/C12H15NO2/c1-13(10-12(14)15)9-5-8-11-6-3-2-4-7-11/h2-8H,9-10H2,1H3,(H,14,15). The molecule has 0 bridgehead atoms. The number of aliphatic carboxylic acids is 1. The molecule has 0 fully saturated rings. The Morgan fingerprint density at radius 3 is 2.67 bits per heavy atom. The van der Waals surface area contributed by atoms with Crippen LogP contribution in [0.1, 0.15) is 5.56 Å². The zero-order valence-electron chi connectivity index (χ0n) is 8.76. The van der Waals surface area contributed by atoms with Crippen LogP contribution in [0.3, 0.4) is 0 Å². The Balaban J connectivity index is 2.37. The van der Waals surface area contributed by atoms with E-state index in [0.29, 0.717) is 6.54 Å². The molecule has 0 aliphatic carbocycles. The minimum atomic E-state index is -0.800. The molecule has 1 N–H and O–H groups in total. The Hall–Kier alpha value is -1.61. The van der Waals surface area contributed by atoms with Crippen LogP contribution in [-0.2, 0) is 4.79 Å². The van der Waals surface area contributed by atoms with Gasteiger partial charge in [0.25, 0.3) is 0 Å². The van der Waals surface area contributed by atoms with Crippen LogP contribution in [0.5, 0.6) is 0 Å². The first kappa shape index (κ1) is 11.5. The molecule has 1 aromatic rings. The molecule has 0 saturated heterocycles. The molecule has 0 aromatic heterocycles. The summed E-state index contributed by atoms with van der Waals surface area (Å²) in [5.74, 6) is -0.800. The van der Waals surface area contributed by atoms with Gasteiger partial charge < -0.3 is 5.11 Å². The number of nitrogens with zero attached hydrogens (tertiary/aromatic N) is 1. The third-order valence-corrected chi connectivity index (χ3v) is 1.93. The van der Waals surface area contributed by atoms with Gasteiger partial charge in [-0.25, -0.2) is 0 Å². The molecule has 0 unspecified atom stereocenters. The minimum Gasteiger partial charge on any atom is -0.480 e. The molecular weight excluding hydrogens is 190 g/mol. The minimum absolute atomic E-state index is 0.0686. The molecule has 0 amide bonds. The number of carboxylic acid groups (broad SMARTS) is 1. The lowest BCUT2D eigenvalue weighted by molar-refractivity contribution is -0.137. The quantitative estimate of drug-likeness (QED) is 0.795. The highest BCUT2D eigenvalue weighted by Gasteiger charge is 2.00. The molecular formula is C12H15NO2. The predicted octanol–water partition coefficient (Wildman–Crippen LogP) is 1.72. The SMILES string of the molecule is CN(CC=Cc1ccccc1)CC(=O)O. The van der Waals surface area contributed by atoms with Crippen molar-refractivity contribution in [1.82, 2.24) is 4.90 Å². The molecule has 0 aliphatic heterocycles. The van der Waals surface area contributed by atoms with Gasteiger partial charge in [0, 0.05) is 6.54 Å². The van der Waals surface area contributed by atoms with Gasteiger partial charge in [-0.2, -0.15) is 0 Å². The molecule has 15 heavy (non-hydrogen) atoms. The lowest BCUT2D eigenvalue weighted by Crippen LogP contribution is -2.25. The predicted molar refractivity (Wildman–Crippen MR) is 60.6 cm³/mol. The van der Waals surface area contributed by atoms with E-state index in [0.717, 1.165) is 5.56 Å². The smallest absolute Gasteiger partial charge is 0.317 e. The van der Waals surface area contributed by atoms with Gasteiger partial charge >= 0.3 is 5.97 Å². The third kappa shape index (κ3) is 4.98. The van der Waals surface area contributed by atoms with Crippen molar-refractivity contribution in [2.75, 3.05) is 20.1 Å². The van der Waals surface area contributed by atoms with Gasteiger partial charge in [-0.1, -0.05) is 42.5 Å². The van der Waals surface area contributed by atoms with Crippen molar-refractivity contribution < 1.29 is 9.90 Å². The van der Waals surface area contributed by atoms with E-state index < -0.39 is 5.97 Å². The van der Waals surface area contributed by atoms with Crippen molar-refractivity contribution in [2.24, 2.45) is 0 Å². The normalized spacial score (nSPS) is 11.1. The average Bonchev–Trinajstić information content (AvgIpc) is 2.18. The summed E-state index contributed by atoms with van der Waals surface area (Å²) in [7, 11) is 1.78. The van der Waals surface area contributed by atoms with Crippen molar-refractivity contribution in [3.05, 3.63) is 42.0 Å². The van der Waals surface area contributed by atoms with Crippen molar-refractivity contribution in [2.45, 2.75) is 0 Å². The summed E-state index contributed by atoms with van der Waals surface area (Å²) in [6.45, 7) is 0.709. The highest BCUT2D eigenvalue weighted by atomic mass is 16.4. The van der Waals surface area contributed by atoms with Crippen LogP contribution in [-0.4, -0.2) is 36.1 Å². The Bertz CT molecular complexity index is 333. The highest BCUT2D eigenvalue weighted by Crippen LogP contribution is 2.00. The van der Waals surface area contributed by atoms with Crippen LogP contribution >= 0.6 is 0 Å². The maximum atomic E-state index is 10.4. The summed E-state index contributed by atoms with van der Waals surface area (Å²) in [5, 5.41) is 8.53. The summed E-state index contributed by atoms with van der Waals surface area (Å²) in [6, 6.07) is 9.93. The number of hydrogen-bond donors (Lipinski definition) is 1. The van der Waals surface area contributed by atoms with Crippen molar-refractivity contribution in [1.29, 1.82) is 0 Å². The number of carbonyl (C=O) groups is 1. The van der Waals surface area contributed by atoms with Gasteiger partial charge in [0.2, 0.25) is 0 Å². The number of hydrogen-bond acceptors (Lipinski definition) is 2. The van der Waals surface area contributed by atoms with Crippen LogP contribution in [0.2, 0.25) is 0 Å². The monoisotopic (exact) mass is 205 g/mol. The van der Waals surface area contributed by atoms with Crippen molar-refractivity contribution >= 4 is 12.0 Å². The number of rotatable bonds is 5. The summed E-state index contributed by atoms with van der Waals surface area (Å²) in [4.78, 5) is 12.1. The second kappa shape index (κ2) is 5.98. The zero-order valence-corrected chi connectivity index (χ0v) is 8.76. The van der Waals surface area contributed by atoms with Crippen LogP contribution in [0.25, 0.3) is 6.08 Å². The molecule has 3 nitrogen and oxygen atoms in total. The number of likely N-dealkylation sites (N-methyl/N-ethyl adjacent to an activating group) is 1. The van der Waals surface area contributed by atoms with Crippen LogP contribution < -0.4 is 0 Å². The molecule has 0 heterocycles. The van der Waals surface area contributed by atoms with E-state index in [1.54, 1.807) is 11.9 Å². The first-order valence-electron chi connectivity index (χ1n) is 4.80. The van der Waals surface area contributed by atoms with Gasteiger partial charge in [-0.05, 0) is 12.6 Å². The Labute approximate surface area is 89.6 Å². The Kier molecular flexibility index (Phi) is 4.57. The molecule has 80 valence electrons. The molecule has 1 rings (SSSR count). The van der Waals surface area contributed by atoms with Gasteiger partial charge in [-0.3, -0.25) is 9.69 Å². The highest BCUT2D eigenvalue weighted by molar-refractivity contribution is 5.69. The van der Waals surface area contributed by atoms with Gasteiger partial charge in [-0.15, -0.1) is 0 Å². The second-order valence-corrected chi connectivity index (χ2v) is 3.40. The molecule has 0 atom stereocenters. The first-order valence-corrected chi connectivity index (χ1v) is 4.80. The fourth-order valence-corrected chi connectivity index (χ4v) is 1.23. The molecule has 0 spiro atoms. The summed E-state index contributed by atoms with van der Waals surface area (Å²) >= 11 is 0. The van der Waals surface area contributed by atoms with E-state index in [-0.39, 0.29) is 6.54 Å². The fourth-order valence-electron chi connectivity index (χ4n) is 1.23. The molecule has 0 saturated carbocycles. The van der Waals surface area contributed by atoms with Crippen LogP contribution in [0.4, 0.5) is 0 Å². The van der Waals surface area contributed by atoms with E-state index in [2.05, 4.69) is 0 Å². The third-order valence-electron chi connectivity index (χ3n) is 1.93. The van der Waals surface area contributed by atoms with Crippen molar-refractivity contribution in [3.63, 3.8) is 0 Å². The van der Waals surface area contributed by atoms with E-state index in [1.165, 1.54) is 0 Å². The van der Waals surface area contributed by atoms with E-state index in [4.69, 9.17) is 5.11 Å².